The SMILES string of the molecule is COc1nc(OC)nc(N2CCC(N(C)S(C)(=O)=O)CC2)n1. The van der Waals surface area contributed by atoms with Crippen LogP contribution in [0.15, 0.2) is 0 Å². The van der Waals surface area contributed by atoms with Crippen LogP contribution in [0.4, 0.5) is 5.95 Å². The van der Waals surface area contributed by atoms with E-state index in [1.165, 1.54) is 24.8 Å². The Hall–Kier alpha value is -1.68. The number of rotatable bonds is 5. The number of piperidine rings is 1. The first-order valence-electron chi connectivity index (χ1n) is 6.87. The van der Waals surface area contributed by atoms with Crippen molar-refractivity contribution in [3.8, 4) is 12.0 Å². The van der Waals surface area contributed by atoms with Gasteiger partial charge in [-0.1, -0.05) is 0 Å². The standard InChI is InChI=1S/C12H21N5O4S/c1-16(22(4,18)19)9-5-7-17(8-6-9)10-13-11(20-2)15-12(14-10)21-3/h9H,5-8H2,1-4H3. The van der Waals surface area contributed by atoms with Gasteiger partial charge >= 0.3 is 12.0 Å². The van der Waals surface area contributed by atoms with Gasteiger partial charge in [0.25, 0.3) is 0 Å². The lowest BCUT2D eigenvalue weighted by atomic mass is 10.1. The zero-order valence-corrected chi connectivity index (χ0v) is 14.0. The summed E-state index contributed by atoms with van der Waals surface area (Å²) in [6.45, 7) is 1.31. The summed E-state index contributed by atoms with van der Waals surface area (Å²) in [5.41, 5.74) is 0. The van der Waals surface area contributed by atoms with Crippen molar-refractivity contribution < 1.29 is 17.9 Å². The highest BCUT2D eigenvalue weighted by molar-refractivity contribution is 7.88. The van der Waals surface area contributed by atoms with Crippen LogP contribution in [0.5, 0.6) is 12.0 Å². The monoisotopic (exact) mass is 331 g/mol. The molecule has 124 valence electrons. The highest BCUT2D eigenvalue weighted by Gasteiger charge is 2.28. The maximum atomic E-state index is 11.6. The fourth-order valence-electron chi connectivity index (χ4n) is 2.35. The number of anilines is 1. The molecule has 2 heterocycles. The number of ether oxygens (including phenoxy) is 2. The quantitative estimate of drug-likeness (QED) is 0.728. The van der Waals surface area contributed by atoms with E-state index < -0.39 is 10.0 Å². The molecule has 1 fully saturated rings. The van der Waals surface area contributed by atoms with E-state index in [4.69, 9.17) is 9.47 Å². The van der Waals surface area contributed by atoms with Crippen LogP contribution in [0.1, 0.15) is 12.8 Å². The zero-order valence-electron chi connectivity index (χ0n) is 13.2. The summed E-state index contributed by atoms with van der Waals surface area (Å²) >= 11 is 0. The second-order valence-electron chi connectivity index (χ2n) is 5.11. The van der Waals surface area contributed by atoms with Crippen LogP contribution in [0.25, 0.3) is 0 Å². The maximum absolute atomic E-state index is 11.6. The maximum Gasteiger partial charge on any atom is 0.324 e. The van der Waals surface area contributed by atoms with Crippen molar-refractivity contribution in [2.24, 2.45) is 0 Å². The molecule has 22 heavy (non-hydrogen) atoms. The van der Waals surface area contributed by atoms with Gasteiger partial charge in [-0.05, 0) is 12.8 Å². The Morgan fingerprint density at radius 2 is 1.59 bits per heavy atom. The van der Waals surface area contributed by atoms with E-state index in [1.807, 2.05) is 4.90 Å². The molecule has 1 aliphatic heterocycles. The summed E-state index contributed by atoms with van der Waals surface area (Å²) in [5, 5.41) is 0. The summed E-state index contributed by atoms with van der Waals surface area (Å²) < 4.78 is 34.7. The summed E-state index contributed by atoms with van der Waals surface area (Å²) in [7, 11) is 1.40. The van der Waals surface area contributed by atoms with E-state index in [-0.39, 0.29) is 18.1 Å². The van der Waals surface area contributed by atoms with E-state index in [1.54, 1.807) is 7.05 Å². The van der Waals surface area contributed by atoms with E-state index in [2.05, 4.69) is 15.0 Å². The lowest BCUT2D eigenvalue weighted by Crippen LogP contribution is -2.45. The van der Waals surface area contributed by atoms with Gasteiger partial charge in [0.2, 0.25) is 16.0 Å². The topological polar surface area (TPSA) is 97.8 Å². The smallest absolute Gasteiger partial charge is 0.324 e. The van der Waals surface area contributed by atoms with Crippen molar-refractivity contribution in [3.05, 3.63) is 0 Å². The van der Waals surface area contributed by atoms with Gasteiger partial charge < -0.3 is 14.4 Å². The Labute approximate surface area is 130 Å². The fraction of sp³-hybridized carbons (Fsp3) is 0.750. The molecule has 0 saturated carbocycles. The van der Waals surface area contributed by atoms with Crippen molar-refractivity contribution in [1.82, 2.24) is 19.3 Å². The molecular formula is C12H21N5O4S. The fourth-order valence-corrected chi connectivity index (χ4v) is 3.10. The molecular weight excluding hydrogens is 310 g/mol. The number of nitrogens with zero attached hydrogens (tertiary/aromatic N) is 5. The minimum Gasteiger partial charge on any atom is -0.467 e. The lowest BCUT2D eigenvalue weighted by Gasteiger charge is -2.35. The molecule has 2 rings (SSSR count). The Morgan fingerprint density at radius 3 is 2.00 bits per heavy atom. The molecule has 0 spiro atoms. The van der Waals surface area contributed by atoms with Gasteiger partial charge in [-0.3, -0.25) is 0 Å². The molecule has 0 aromatic carbocycles. The Bertz CT molecular complexity index is 594. The Morgan fingerprint density at radius 1 is 1.09 bits per heavy atom. The number of sulfonamides is 1. The number of aromatic nitrogens is 3. The third-order valence-corrected chi connectivity index (χ3v) is 5.08. The first-order valence-corrected chi connectivity index (χ1v) is 8.72. The minimum absolute atomic E-state index is 0.00289. The average Bonchev–Trinajstić information content (AvgIpc) is 2.52. The third-order valence-electron chi connectivity index (χ3n) is 3.73. The van der Waals surface area contributed by atoms with Crippen molar-refractivity contribution >= 4 is 16.0 Å². The summed E-state index contributed by atoms with van der Waals surface area (Å²) in [6, 6.07) is 0.381. The molecule has 1 saturated heterocycles. The second kappa shape index (κ2) is 6.61. The van der Waals surface area contributed by atoms with Gasteiger partial charge in [0.15, 0.2) is 0 Å². The van der Waals surface area contributed by atoms with Crippen LogP contribution in [0, 0.1) is 0 Å². The van der Waals surface area contributed by atoms with Crippen LogP contribution in [-0.2, 0) is 10.0 Å². The van der Waals surface area contributed by atoms with Crippen LogP contribution in [0.2, 0.25) is 0 Å². The molecule has 0 amide bonds. The normalized spacial score (nSPS) is 16.9. The van der Waals surface area contributed by atoms with E-state index in [0.717, 1.165) is 0 Å². The molecule has 9 nitrogen and oxygen atoms in total. The van der Waals surface area contributed by atoms with Crippen LogP contribution in [0.3, 0.4) is 0 Å². The molecule has 1 aliphatic rings. The van der Waals surface area contributed by atoms with Gasteiger partial charge in [-0.15, -0.1) is 4.98 Å². The third kappa shape index (κ3) is 3.74. The highest BCUT2D eigenvalue weighted by Crippen LogP contribution is 2.22. The second-order valence-corrected chi connectivity index (χ2v) is 7.15. The van der Waals surface area contributed by atoms with Crippen molar-refractivity contribution in [2.45, 2.75) is 18.9 Å². The van der Waals surface area contributed by atoms with Gasteiger partial charge in [-0.25, -0.2) is 12.7 Å². The Kier molecular flexibility index (Phi) is 5.01. The number of hydrogen-bond donors (Lipinski definition) is 0. The van der Waals surface area contributed by atoms with Gasteiger partial charge in [0, 0.05) is 26.2 Å². The molecule has 0 bridgehead atoms. The van der Waals surface area contributed by atoms with Crippen molar-refractivity contribution in [2.75, 3.05) is 45.5 Å². The summed E-state index contributed by atoms with van der Waals surface area (Å²) in [6.07, 6.45) is 2.64. The molecule has 0 aliphatic carbocycles. The number of methoxy groups -OCH3 is 2. The van der Waals surface area contributed by atoms with Crippen molar-refractivity contribution in [3.63, 3.8) is 0 Å². The molecule has 0 radical (unpaired) electrons. The van der Waals surface area contributed by atoms with E-state index in [9.17, 15) is 8.42 Å². The van der Waals surface area contributed by atoms with E-state index >= 15 is 0 Å². The molecule has 0 atom stereocenters. The van der Waals surface area contributed by atoms with Gasteiger partial charge in [0.1, 0.15) is 0 Å². The minimum atomic E-state index is -3.17. The van der Waals surface area contributed by atoms with Crippen LogP contribution >= 0.6 is 0 Å². The van der Waals surface area contributed by atoms with Crippen molar-refractivity contribution in [1.29, 1.82) is 0 Å². The zero-order chi connectivity index (χ0) is 16.3. The molecule has 10 heteroatoms. The highest BCUT2D eigenvalue weighted by atomic mass is 32.2. The average molecular weight is 331 g/mol. The summed E-state index contributed by atoms with van der Waals surface area (Å²) in [4.78, 5) is 14.4. The Balaban J connectivity index is 2.08. The van der Waals surface area contributed by atoms with Crippen LogP contribution < -0.4 is 14.4 Å². The predicted octanol–water partition coefficient (Wildman–Crippen LogP) is -0.251. The van der Waals surface area contributed by atoms with E-state index in [0.29, 0.717) is 31.9 Å². The largest absolute Gasteiger partial charge is 0.467 e. The van der Waals surface area contributed by atoms with Gasteiger partial charge in [0.05, 0.1) is 20.5 Å². The molecule has 1 aromatic heterocycles. The van der Waals surface area contributed by atoms with Gasteiger partial charge in [-0.2, -0.15) is 9.97 Å². The van der Waals surface area contributed by atoms with Crippen LogP contribution in [-0.4, -0.2) is 74.3 Å². The number of hydrogen-bond acceptors (Lipinski definition) is 8. The molecule has 1 aromatic rings. The first-order chi connectivity index (χ1) is 10.3. The lowest BCUT2D eigenvalue weighted by molar-refractivity contribution is 0.309. The molecule has 0 unspecified atom stereocenters. The first kappa shape index (κ1) is 16.7. The summed E-state index contributed by atoms with van der Waals surface area (Å²) in [5.74, 6) is 0.476. The predicted molar refractivity (Wildman–Crippen MR) is 80.8 cm³/mol. The molecule has 0 N–H and O–H groups in total.